The van der Waals surface area contributed by atoms with Crippen LogP contribution in [0.5, 0.6) is 5.88 Å². The number of hydrogen-bond donors (Lipinski definition) is 1. The Morgan fingerprint density at radius 2 is 1.92 bits per heavy atom. The summed E-state index contributed by atoms with van der Waals surface area (Å²) in [6.45, 7) is 9.69. The van der Waals surface area contributed by atoms with E-state index in [-0.39, 0.29) is 56.6 Å². The van der Waals surface area contributed by atoms with Crippen molar-refractivity contribution in [2.75, 3.05) is 20.3 Å². The number of allylic oxidation sites excluding steroid dienone is 1. The van der Waals surface area contributed by atoms with Crippen molar-refractivity contribution in [3.05, 3.63) is 48.7 Å². The second-order valence-electron chi connectivity index (χ2n) is 15.7. The minimum atomic E-state index is -3.84. The van der Waals surface area contributed by atoms with Gasteiger partial charge >= 0.3 is 5.97 Å². The number of ether oxygens (including phenoxy) is 3. The highest BCUT2D eigenvalue weighted by molar-refractivity contribution is 7.90. The number of Topliss-reactive ketones (excluding diaryl/α,β-unsaturated/α-hetero) is 1. The van der Waals surface area contributed by atoms with Gasteiger partial charge in [-0.05, 0) is 72.9 Å². The van der Waals surface area contributed by atoms with E-state index in [9.17, 15) is 27.6 Å². The molecule has 2 aliphatic carbocycles. The average molecular weight is 724 g/mol. The van der Waals surface area contributed by atoms with Gasteiger partial charge in [0, 0.05) is 31.5 Å². The SMILES string of the molecule is C=CC1CC1(CC(=O)C1CC2CN1C(=O)C(C(C)(C)C)CC(=O)OCCCCC(OC)c1ccc3ccnc(c3c1)O2)C(=O)NS(=O)(=O)C1CC1. The molecule has 2 aromatic rings. The highest BCUT2D eigenvalue weighted by Crippen LogP contribution is 2.57. The van der Waals surface area contributed by atoms with Crippen molar-refractivity contribution in [2.24, 2.45) is 22.7 Å². The number of nitrogens with one attached hydrogen (secondary N) is 1. The predicted octanol–water partition coefficient (Wildman–Crippen LogP) is 4.81. The van der Waals surface area contributed by atoms with E-state index >= 15 is 0 Å². The third kappa shape index (κ3) is 7.84. The summed E-state index contributed by atoms with van der Waals surface area (Å²) in [5.41, 5.74) is -0.996. The van der Waals surface area contributed by atoms with Crippen molar-refractivity contribution in [3.63, 3.8) is 0 Å². The molecule has 1 saturated heterocycles. The lowest BCUT2D eigenvalue weighted by molar-refractivity contribution is -0.153. The van der Waals surface area contributed by atoms with Crippen LogP contribution in [0, 0.1) is 22.7 Å². The van der Waals surface area contributed by atoms with Crippen molar-refractivity contribution in [1.29, 1.82) is 0 Å². The summed E-state index contributed by atoms with van der Waals surface area (Å²) in [5.74, 6) is -2.81. The molecule has 13 heteroatoms. The Morgan fingerprint density at radius 1 is 1.16 bits per heavy atom. The summed E-state index contributed by atoms with van der Waals surface area (Å²) in [5, 5.41) is 1.07. The summed E-state index contributed by atoms with van der Waals surface area (Å²) >= 11 is 0. The van der Waals surface area contributed by atoms with E-state index in [4.69, 9.17) is 14.2 Å². The fraction of sp³-hybridized carbons (Fsp3) is 0.605. The van der Waals surface area contributed by atoms with Crippen molar-refractivity contribution >= 4 is 44.4 Å². The molecule has 1 aromatic heterocycles. The fourth-order valence-electron chi connectivity index (χ4n) is 7.58. The number of esters is 1. The van der Waals surface area contributed by atoms with E-state index in [1.165, 1.54) is 4.90 Å². The lowest BCUT2D eigenvalue weighted by Crippen LogP contribution is -2.48. The van der Waals surface area contributed by atoms with Crippen LogP contribution in [-0.4, -0.2) is 79.5 Å². The fourth-order valence-corrected chi connectivity index (χ4v) is 8.96. The van der Waals surface area contributed by atoms with Gasteiger partial charge in [0.25, 0.3) is 0 Å². The van der Waals surface area contributed by atoms with Crippen LogP contribution in [0.4, 0.5) is 0 Å². The molecule has 0 radical (unpaired) electrons. The first kappa shape index (κ1) is 36.9. The van der Waals surface area contributed by atoms with Crippen LogP contribution in [0.25, 0.3) is 10.8 Å². The van der Waals surface area contributed by atoms with E-state index < -0.39 is 62.0 Å². The van der Waals surface area contributed by atoms with E-state index in [1.54, 1.807) is 19.4 Å². The zero-order valence-corrected chi connectivity index (χ0v) is 30.7. The normalized spacial score (nSPS) is 29.1. The average Bonchev–Trinajstić information content (AvgIpc) is 4.01. The first-order chi connectivity index (χ1) is 24.2. The number of benzene rings is 1. The van der Waals surface area contributed by atoms with Crippen molar-refractivity contribution in [3.8, 4) is 5.88 Å². The first-order valence-electron chi connectivity index (χ1n) is 17.9. The Morgan fingerprint density at radius 3 is 2.59 bits per heavy atom. The summed E-state index contributed by atoms with van der Waals surface area (Å²) in [6.07, 6.45) is 5.41. The smallest absolute Gasteiger partial charge is 0.306 e. The molecule has 2 saturated carbocycles. The number of carbonyl (C=O) groups is 4. The number of sulfonamides is 1. The van der Waals surface area contributed by atoms with E-state index in [1.807, 2.05) is 45.0 Å². The van der Waals surface area contributed by atoms with Gasteiger partial charge in [0.2, 0.25) is 27.7 Å². The quantitative estimate of drug-likeness (QED) is 0.296. The van der Waals surface area contributed by atoms with E-state index in [0.29, 0.717) is 31.6 Å². The number of amides is 2. The number of cyclic esters (lactones) is 1. The molecule has 6 atom stereocenters. The van der Waals surface area contributed by atoms with Crippen LogP contribution in [-0.2, 0) is 38.7 Å². The Balaban J connectivity index is 1.34. The van der Waals surface area contributed by atoms with Gasteiger partial charge in [0.15, 0.2) is 5.78 Å². The minimum Gasteiger partial charge on any atom is -0.472 e. The van der Waals surface area contributed by atoms with Gasteiger partial charge in [-0.2, -0.15) is 0 Å². The molecular formula is C38H49N3O9S. The number of fused-ring (bicyclic) bond motifs is 3. The molecule has 6 rings (SSSR count). The number of ketones is 1. The van der Waals surface area contributed by atoms with Crippen LogP contribution < -0.4 is 9.46 Å². The second-order valence-corrected chi connectivity index (χ2v) is 17.6. The molecule has 3 heterocycles. The van der Waals surface area contributed by atoms with Gasteiger partial charge in [-0.15, -0.1) is 6.58 Å². The monoisotopic (exact) mass is 723 g/mol. The van der Waals surface area contributed by atoms with Crippen molar-refractivity contribution in [1.82, 2.24) is 14.6 Å². The topological polar surface area (TPSA) is 158 Å². The van der Waals surface area contributed by atoms with Crippen LogP contribution in [0.1, 0.15) is 90.2 Å². The van der Waals surface area contributed by atoms with Gasteiger partial charge in [0.1, 0.15) is 6.10 Å². The molecule has 276 valence electrons. The summed E-state index contributed by atoms with van der Waals surface area (Å²) in [7, 11) is -2.18. The number of rotatable bonds is 8. The van der Waals surface area contributed by atoms with Crippen molar-refractivity contribution < 1.29 is 41.8 Å². The molecule has 4 aliphatic rings. The zero-order valence-electron chi connectivity index (χ0n) is 29.9. The molecule has 2 aliphatic heterocycles. The second kappa shape index (κ2) is 14.3. The molecule has 2 amide bonds. The van der Waals surface area contributed by atoms with Crippen LogP contribution in [0.3, 0.4) is 0 Å². The van der Waals surface area contributed by atoms with Gasteiger partial charge < -0.3 is 19.1 Å². The molecule has 51 heavy (non-hydrogen) atoms. The lowest BCUT2D eigenvalue weighted by atomic mass is 9.77. The van der Waals surface area contributed by atoms with Gasteiger partial charge in [-0.25, -0.2) is 13.4 Å². The Labute approximate surface area is 299 Å². The molecule has 4 bridgehead atoms. The molecule has 0 spiro atoms. The van der Waals surface area contributed by atoms with Crippen LogP contribution >= 0.6 is 0 Å². The third-order valence-electron chi connectivity index (χ3n) is 11.0. The molecule has 3 fully saturated rings. The third-order valence-corrected chi connectivity index (χ3v) is 12.8. The maximum absolute atomic E-state index is 14.5. The minimum absolute atomic E-state index is 0.0511. The van der Waals surface area contributed by atoms with Crippen molar-refractivity contribution in [2.45, 2.75) is 102 Å². The standard InChI is InChI=1S/C38H49N3O9S/c1-6-25-20-38(25,36(45)40-51(46,47)27-12-13-27)21-31(42)30-18-26-22-41(30)35(44)29(37(2,3)4)19-33(43)49-16-8-7-9-32(48-5)24-11-10-23-14-15-39-34(50-26)28(23)17-24/h6,10-11,14-15,17,25-27,29-30,32H,1,7-9,12-13,16,18-22H2,2-5H3,(H,40,45). The van der Waals surface area contributed by atoms with Crippen LogP contribution in [0.15, 0.2) is 43.1 Å². The number of methoxy groups -OCH3 is 1. The lowest BCUT2D eigenvalue weighted by Gasteiger charge is -2.34. The van der Waals surface area contributed by atoms with E-state index in [0.717, 1.165) is 22.8 Å². The first-order valence-corrected chi connectivity index (χ1v) is 19.5. The Kier molecular flexibility index (Phi) is 10.4. The largest absolute Gasteiger partial charge is 0.472 e. The number of hydrogen-bond acceptors (Lipinski definition) is 10. The number of aromatic nitrogens is 1. The molecule has 1 aromatic carbocycles. The Hall–Kier alpha value is -3.84. The summed E-state index contributed by atoms with van der Waals surface area (Å²) in [6, 6.07) is 6.89. The molecule has 1 N–H and O–H groups in total. The molecule has 6 unspecified atom stereocenters. The van der Waals surface area contributed by atoms with Gasteiger partial charge in [0.05, 0.1) is 48.3 Å². The van der Waals surface area contributed by atoms with Gasteiger partial charge in [-0.1, -0.05) is 39.0 Å². The highest BCUT2D eigenvalue weighted by Gasteiger charge is 2.61. The highest BCUT2D eigenvalue weighted by atomic mass is 32.2. The van der Waals surface area contributed by atoms with Gasteiger partial charge in [-0.3, -0.25) is 23.9 Å². The number of pyridine rings is 1. The number of carbonyl (C=O) groups excluding carboxylic acids is 4. The number of nitrogens with zero attached hydrogens (tertiary/aromatic N) is 2. The summed E-state index contributed by atoms with van der Waals surface area (Å²) in [4.78, 5) is 61.6. The zero-order chi connectivity index (χ0) is 36.7. The maximum atomic E-state index is 14.5. The predicted molar refractivity (Wildman–Crippen MR) is 189 cm³/mol. The molecular weight excluding hydrogens is 674 g/mol. The molecule has 12 nitrogen and oxygen atoms in total. The van der Waals surface area contributed by atoms with E-state index in [2.05, 4.69) is 16.3 Å². The van der Waals surface area contributed by atoms with Crippen LogP contribution in [0.2, 0.25) is 0 Å². The Bertz CT molecular complexity index is 1820. The maximum Gasteiger partial charge on any atom is 0.306 e. The summed E-state index contributed by atoms with van der Waals surface area (Å²) < 4.78 is 45.6.